The summed E-state index contributed by atoms with van der Waals surface area (Å²) in [6.45, 7) is 6.08. The fourth-order valence-corrected chi connectivity index (χ4v) is 10.1. The van der Waals surface area contributed by atoms with Crippen molar-refractivity contribution >= 4 is 50.2 Å². The molecular weight excluding hydrogens is 637 g/mol. The van der Waals surface area contributed by atoms with E-state index < -0.39 is 37.0 Å². The van der Waals surface area contributed by atoms with Crippen molar-refractivity contribution in [2.24, 2.45) is 46.3 Å². The number of rotatable bonds is 7. The Morgan fingerprint density at radius 1 is 1.21 bits per heavy atom. The van der Waals surface area contributed by atoms with Gasteiger partial charge in [-0.15, -0.1) is 0 Å². The molecule has 2 N–H and O–H groups in total. The molecule has 0 heterocycles. The number of carbonyl (C=O) groups is 3. The third-order valence-electron chi connectivity index (χ3n) is 10.8. The van der Waals surface area contributed by atoms with Gasteiger partial charge in [0.1, 0.15) is 11.6 Å². The van der Waals surface area contributed by atoms with Gasteiger partial charge in [-0.2, -0.15) is 17.2 Å². The van der Waals surface area contributed by atoms with Crippen molar-refractivity contribution in [3.8, 4) is 0 Å². The number of carbonyl (C=O) groups excluding carboxylic acids is 3. The molecule has 216 valence electrons. The van der Waals surface area contributed by atoms with Gasteiger partial charge in [0.2, 0.25) is 4.11 Å². The monoisotopic (exact) mass is 674 g/mol. The quantitative estimate of drug-likeness (QED) is 0.174. The molecule has 38 heavy (non-hydrogen) atoms. The van der Waals surface area contributed by atoms with Gasteiger partial charge in [0, 0.05) is 31.1 Å². The zero-order chi connectivity index (χ0) is 28.4. The summed E-state index contributed by atoms with van der Waals surface area (Å²) < 4.78 is 60.2. The Kier molecular flexibility index (Phi) is 8.17. The third kappa shape index (κ3) is 4.87. The molecule has 4 fully saturated rings. The molecule has 10 atom stereocenters. The number of hydrogen-bond donors (Lipinski definition) is 2. The minimum Gasteiger partial charge on any atom is -0.444 e. The van der Waals surface area contributed by atoms with Crippen molar-refractivity contribution in [3.05, 3.63) is 0 Å². The predicted molar refractivity (Wildman–Crippen MR) is 141 cm³/mol. The number of fused-ring (bicyclic) bond motifs is 5. The van der Waals surface area contributed by atoms with Crippen LogP contribution >= 0.6 is 22.6 Å². The second-order valence-electron chi connectivity index (χ2n) is 12.5. The van der Waals surface area contributed by atoms with E-state index in [1.807, 2.05) is 13.8 Å². The SMILES string of the molecule is CC(CCC(=O)OC(I)C(F)(F)S(=O)(=O)O)C1CCC2C3C(O)CC4CC(=O)CCC4(C)C3CC(=O)C12C. The Morgan fingerprint density at radius 2 is 1.87 bits per heavy atom. The molecule has 4 aliphatic rings. The van der Waals surface area contributed by atoms with E-state index in [1.54, 1.807) is 0 Å². The van der Waals surface area contributed by atoms with Crippen molar-refractivity contribution in [2.75, 3.05) is 0 Å². The molecule has 0 saturated heterocycles. The minimum atomic E-state index is -5.74. The molecule has 0 aliphatic heterocycles. The number of aliphatic hydroxyl groups is 1. The fourth-order valence-electron chi connectivity index (χ4n) is 8.58. The average molecular weight is 675 g/mol. The fraction of sp³-hybridized carbons (Fsp3) is 0.885. The number of halogens is 3. The number of alkyl halides is 3. The maximum atomic E-state index is 13.8. The van der Waals surface area contributed by atoms with E-state index in [-0.39, 0.29) is 65.3 Å². The largest absolute Gasteiger partial charge is 0.444 e. The summed E-state index contributed by atoms with van der Waals surface area (Å²) >= 11 is 0.964. The molecule has 0 aromatic heterocycles. The summed E-state index contributed by atoms with van der Waals surface area (Å²) in [5.74, 6) is -0.720. The second kappa shape index (κ2) is 10.3. The molecule has 10 unspecified atom stereocenters. The van der Waals surface area contributed by atoms with Crippen LogP contribution < -0.4 is 0 Å². The van der Waals surface area contributed by atoms with Crippen LogP contribution in [-0.4, -0.2) is 51.1 Å². The van der Waals surface area contributed by atoms with Crippen molar-refractivity contribution in [2.45, 2.75) is 94.0 Å². The molecule has 0 aromatic carbocycles. The van der Waals surface area contributed by atoms with Gasteiger partial charge in [-0.25, -0.2) is 0 Å². The van der Waals surface area contributed by atoms with Crippen LogP contribution in [0.3, 0.4) is 0 Å². The number of ether oxygens (including phenoxy) is 1. The van der Waals surface area contributed by atoms with Gasteiger partial charge >= 0.3 is 21.3 Å². The summed E-state index contributed by atoms with van der Waals surface area (Å²) in [4.78, 5) is 38.2. The van der Waals surface area contributed by atoms with Gasteiger partial charge in [0.15, 0.2) is 0 Å². The lowest BCUT2D eigenvalue weighted by Crippen LogP contribution is -2.61. The van der Waals surface area contributed by atoms with E-state index in [0.29, 0.717) is 25.7 Å². The highest BCUT2D eigenvalue weighted by Gasteiger charge is 2.66. The van der Waals surface area contributed by atoms with Crippen LogP contribution in [0.2, 0.25) is 0 Å². The van der Waals surface area contributed by atoms with Crippen LogP contribution in [0.25, 0.3) is 0 Å². The minimum absolute atomic E-state index is 0.00858. The first-order chi connectivity index (χ1) is 17.4. The first kappa shape index (κ1) is 30.2. The zero-order valence-electron chi connectivity index (χ0n) is 21.9. The van der Waals surface area contributed by atoms with E-state index in [4.69, 9.17) is 4.55 Å². The Labute approximate surface area is 235 Å². The molecule has 0 spiro atoms. The molecule has 8 nitrogen and oxygen atoms in total. The summed E-state index contributed by atoms with van der Waals surface area (Å²) in [5, 5.41) is 6.66. The van der Waals surface area contributed by atoms with E-state index >= 15 is 0 Å². The van der Waals surface area contributed by atoms with Gasteiger partial charge in [-0.05, 0) is 95.6 Å². The van der Waals surface area contributed by atoms with E-state index in [2.05, 4.69) is 11.7 Å². The van der Waals surface area contributed by atoms with Crippen LogP contribution in [0.15, 0.2) is 0 Å². The molecule has 4 aliphatic carbocycles. The van der Waals surface area contributed by atoms with Crippen molar-refractivity contribution < 1.29 is 46.0 Å². The number of esters is 1. The molecule has 0 amide bonds. The van der Waals surface area contributed by atoms with Gasteiger partial charge in [0.05, 0.1) is 6.10 Å². The summed E-state index contributed by atoms with van der Waals surface area (Å²) in [7, 11) is -5.74. The van der Waals surface area contributed by atoms with E-state index in [0.717, 1.165) is 41.9 Å². The van der Waals surface area contributed by atoms with Gasteiger partial charge in [0.25, 0.3) is 0 Å². The van der Waals surface area contributed by atoms with Crippen LogP contribution in [0.1, 0.15) is 78.6 Å². The summed E-state index contributed by atoms with van der Waals surface area (Å²) in [5.41, 5.74) is -0.828. The second-order valence-corrected chi connectivity index (χ2v) is 15.1. The highest BCUT2D eigenvalue weighted by Crippen LogP contribution is 2.67. The summed E-state index contributed by atoms with van der Waals surface area (Å²) in [6, 6.07) is 0. The predicted octanol–water partition coefficient (Wildman–Crippen LogP) is 4.57. The molecule has 4 saturated carbocycles. The molecule has 0 bridgehead atoms. The maximum Gasteiger partial charge on any atom is 0.414 e. The Bertz CT molecular complexity index is 1100. The lowest BCUT2D eigenvalue weighted by molar-refractivity contribution is -0.177. The van der Waals surface area contributed by atoms with Gasteiger partial charge in [-0.1, -0.05) is 20.8 Å². The van der Waals surface area contributed by atoms with Crippen molar-refractivity contribution in [3.63, 3.8) is 0 Å². The Morgan fingerprint density at radius 3 is 2.50 bits per heavy atom. The number of aliphatic hydroxyl groups excluding tert-OH is 1. The van der Waals surface area contributed by atoms with Crippen LogP contribution in [0.5, 0.6) is 0 Å². The topological polar surface area (TPSA) is 135 Å². The number of ketones is 2. The van der Waals surface area contributed by atoms with Crippen LogP contribution in [-0.2, 0) is 29.2 Å². The standard InChI is InChI=1S/C26H37F2IO8S/c1-13(4-7-21(33)37-23(29)26(27,28)38(34,35)36)16-5-6-17-22-18(12-20(32)25(16,17)3)24(2)9-8-15(30)10-14(24)11-19(22)31/h13-14,16-19,22-23,31H,4-12H2,1-3H3,(H,34,35,36). The van der Waals surface area contributed by atoms with Crippen LogP contribution in [0, 0.1) is 46.3 Å². The highest BCUT2D eigenvalue weighted by atomic mass is 127. The molecule has 12 heteroatoms. The lowest BCUT2D eigenvalue weighted by Gasteiger charge is -2.61. The Balaban J connectivity index is 1.45. The van der Waals surface area contributed by atoms with Gasteiger partial charge < -0.3 is 9.84 Å². The van der Waals surface area contributed by atoms with E-state index in [9.17, 15) is 36.7 Å². The first-order valence-corrected chi connectivity index (χ1v) is 16.0. The smallest absolute Gasteiger partial charge is 0.414 e. The Hall–Kier alpha value is -0.730. The number of Topliss-reactive ketones (excluding diaryl/α,β-unsaturated/α-hetero) is 2. The van der Waals surface area contributed by atoms with Crippen LogP contribution in [0.4, 0.5) is 8.78 Å². The summed E-state index contributed by atoms with van der Waals surface area (Å²) in [6.07, 6.45) is 3.64. The van der Waals surface area contributed by atoms with Gasteiger partial charge in [-0.3, -0.25) is 18.9 Å². The molecule has 0 aromatic rings. The number of hydrogen-bond acceptors (Lipinski definition) is 7. The molecular formula is C26H37F2IO8S. The van der Waals surface area contributed by atoms with Crippen molar-refractivity contribution in [1.82, 2.24) is 0 Å². The molecule has 4 rings (SSSR count). The zero-order valence-corrected chi connectivity index (χ0v) is 24.8. The van der Waals surface area contributed by atoms with E-state index in [1.165, 1.54) is 0 Å². The first-order valence-electron chi connectivity index (χ1n) is 13.4. The highest BCUT2D eigenvalue weighted by molar-refractivity contribution is 14.1. The maximum absolute atomic E-state index is 13.8. The van der Waals surface area contributed by atoms with Crippen molar-refractivity contribution in [1.29, 1.82) is 0 Å². The average Bonchev–Trinajstić information content (AvgIpc) is 3.17. The molecule has 0 radical (unpaired) electrons. The normalized spacial score (nSPS) is 41.1. The third-order valence-corrected chi connectivity index (χ3v) is 13.1. The lowest BCUT2D eigenvalue weighted by atomic mass is 9.43.